The zero-order valence-electron chi connectivity index (χ0n) is 8.66. The number of nitrogens with zero attached hydrogens (tertiary/aromatic N) is 1. The second-order valence-corrected chi connectivity index (χ2v) is 4.12. The number of piperazine rings is 1. The number of carbonyl (C=O) groups excluding carboxylic acids is 1. The molecular formula is C10H18N2O2. The number of methoxy groups -OCH3 is 1. The highest BCUT2D eigenvalue weighted by atomic mass is 16.5. The number of ether oxygens (including phenoxy) is 1. The van der Waals surface area contributed by atoms with Crippen LogP contribution in [0.5, 0.6) is 0 Å². The highest BCUT2D eigenvalue weighted by Crippen LogP contribution is 2.31. The van der Waals surface area contributed by atoms with Gasteiger partial charge in [-0.1, -0.05) is 0 Å². The summed E-state index contributed by atoms with van der Waals surface area (Å²) in [5, 5.41) is 3.29. The molecule has 1 N–H and O–H groups in total. The van der Waals surface area contributed by atoms with Gasteiger partial charge in [0.15, 0.2) is 0 Å². The standard InChI is InChI=1S/C10H18N2O2/c1-14-7-9-6-11-4-5-12(9)10(13)8-2-3-8/h8-9,11H,2-7H2,1H3. The molecule has 1 saturated heterocycles. The molecule has 1 aliphatic heterocycles. The van der Waals surface area contributed by atoms with Crippen molar-refractivity contribution in [3.8, 4) is 0 Å². The quantitative estimate of drug-likeness (QED) is 0.685. The Morgan fingerprint density at radius 2 is 2.36 bits per heavy atom. The van der Waals surface area contributed by atoms with Crippen LogP contribution in [0.15, 0.2) is 0 Å². The van der Waals surface area contributed by atoms with Gasteiger partial charge in [0.05, 0.1) is 12.6 Å². The van der Waals surface area contributed by atoms with E-state index in [1.807, 2.05) is 4.90 Å². The van der Waals surface area contributed by atoms with Gasteiger partial charge in [0.2, 0.25) is 5.91 Å². The fraction of sp³-hybridized carbons (Fsp3) is 0.900. The molecule has 80 valence electrons. The maximum atomic E-state index is 11.9. The molecule has 2 fully saturated rings. The van der Waals surface area contributed by atoms with Crippen LogP contribution in [-0.2, 0) is 9.53 Å². The van der Waals surface area contributed by atoms with Gasteiger partial charge in [0.1, 0.15) is 0 Å². The van der Waals surface area contributed by atoms with Gasteiger partial charge in [-0.3, -0.25) is 4.79 Å². The molecule has 0 aromatic rings. The van der Waals surface area contributed by atoms with E-state index in [2.05, 4.69) is 5.32 Å². The van der Waals surface area contributed by atoms with Crippen molar-refractivity contribution in [2.75, 3.05) is 33.4 Å². The summed E-state index contributed by atoms with van der Waals surface area (Å²) in [4.78, 5) is 13.9. The summed E-state index contributed by atoms with van der Waals surface area (Å²) in [6.45, 7) is 3.26. The lowest BCUT2D eigenvalue weighted by Crippen LogP contribution is -2.55. The second kappa shape index (κ2) is 4.28. The molecule has 1 aliphatic carbocycles. The van der Waals surface area contributed by atoms with E-state index >= 15 is 0 Å². The van der Waals surface area contributed by atoms with Crippen molar-refractivity contribution < 1.29 is 9.53 Å². The molecule has 0 aromatic carbocycles. The number of hydrogen-bond acceptors (Lipinski definition) is 3. The van der Waals surface area contributed by atoms with Crippen LogP contribution in [0, 0.1) is 5.92 Å². The van der Waals surface area contributed by atoms with Gasteiger partial charge in [-0.05, 0) is 12.8 Å². The van der Waals surface area contributed by atoms with Crippen molar-refractivity contribution in [3.63, 3.8) is 0 Å². The van der Waals surface area contributed by atoms with Crippen molar-refractivity contribution in [2.24, 2.45) is 5.92 Å². The van der Waals surface area contributed by atoms with E-state index < -0.39 is 0 Å². The van der Waals surface area contributed by atoms with E-state index in [9.17, 15) is 4.79 Å². The van der Waals surface area contributed by atoms with Gasteiger partial charge in [0, 0.05) is 32.7 Å². The summed E-state index contributed by atoms with van der Waals surface area (Å²) in [7, 11) is 1.69. The molecule has 2 aliphatic rings. The number of carbonyl (C=O) groups is 1. The average Bonchev–Trinajstić information content (AvgIpc) is 3.01. The summed E-state index contributed by atoms with van der Waals surface area (Å²) in [5.41, 5.74) is 0. The van der Waals surface area contributed by atoms with Crippen LogP contribution in [-0.4, -0.2) is 50.2 Å². The molecule has 0 radical (unpaired) electrons. The molecule has 0 aromatic heterocycles. The van der Waals surface area contributed by atoms with Crippen LogP contribution in [0.1, 0.15) is 12.8 Å². The van der Waals surface area contributed by atoms with Crippen molar-refractivity contribution in [1.29, 1.82) is 0 Å². The van der Waals surface area contributed by atoms with Gasteiger partial charge in [-0.15, -0.1) is 0 Å². The third-order valence-electron chi connectivity index (χ3n) is 2.92. The van der Waals surface area contributed by atoms with Gasteiger partial charge < -0.3 is 15.0 Å². The van der Waals surface area contributed by atoms with Crippen molar-refractivity contribution in [2.45, 2.75) is 18.9 Å². The molecule has 1 amide bonds. The molecule has 4 heteroatoms. The van der Waals surface area contributed by atoms with E-state index in [0.29, 0.717) is 18.4 Å². The van der Waals surface area contributed by atoms with E-state index in [1.54, 1.807) is 7.11 Å². The van der Waals surface area contributed by atoms with Gasteiger partial charge in [-0.25, -0.2) is 0 Å². The Morgan fingerprint density at radius 1 is 1.57 bits per heavy atom. The molecule has 0 spiro atoms. The summed E-state index contributed by atoms with van der Waals surface area (Å²) >= 11 is 0. The first-order valence-corrected chi connectivity index (χ1v) is 5.33. The Hall–Kier alpha value is -0.610. The van der Waals surface area contributed by atoms with Crippen LogP contribution in [0.2, 0.25) is 0 Å². The van der Waals surface area contributed by atoms with E-state index in [4.69, 9.17) is 4.74 Å². The molecule has 1 atom stereocenters. The number of amides is 1. The third-order valence-corrected chi connectivity index (χ3v) is 2.92. The lowest BCUT2D eigenvalue weighted by molar-refractivity contribution is -0.137. The monoisotopic (exact) mass is 198 g/mol. The highest BCUT2D eigenvalue weighted by Gasteiger charge is 2.37. The zero-order valence-corrected chi connectivity index (χ0v) is 8.66. The first kappa shape index (κ1) is 9.93. The Bertz CT molecular complexity index is 214. The van der Waals surface area contributed by atoms with Crippen LogP contribution < -0.4 is 5.32 Å². The number of nitrogens with one attached hydrogen (secondary N) is 1. The van der Waals surface area contributed by atoms with Crippen molar-refractivity contribution in [3.05, 3.63) is 0 Å². The molecule has 2 rings (SSSR count). The molecular weight excluding hydrogens is 180 g/mol. The highest BCUT2D eigenvalue weighted by molar-refractivity contribution is 5.81. The Kier molecular flexibility index (Phi) is 3.03. The minimum absolute atomic E-state index is 0.238. The van der Waals surface area contributed by atoms with Gasteiger partial charge in [0.25, 0.3) is 0 Å². The smallest absolute Gasteiger partial charge is 0.226 e. The van der Waals surface area contributed by atoms with Gasteiger partial charge >= 0.3 is 0 Å². The number of hydrogen-bond donors (Lipinski definition) is 1. The Labute approximate surface area is 84.6 Å². The molecule has 1 saturated carbocycles. The Balaban J connectivity index is 1.94. The maximum Gasteiger partial charge on any atom is 0.226 e. The van der Waals surface area contributed by atoms with E-state index in [1.165, 1.54) is 0 Å². The average molecular weight is 198 g/mol. The van der Waals surface area contributed by atoms with Crippen molar-refractivity contribution in [1.82, 2.24) is 10.2 Å². The molecule has 1 heterocycles. The largest absolute Gasteiger partial charge is 0.382 e. The minimum atomic E-state index is 0.238. The third kappa shape index (κ3) is 2.07. The maximum absolute atomic E-state index is 11.9. The summed E-state index contributed by atoms with van der Waals surface area (Å²) < 4.78 is 5.13. The van der Waals surface area contributed by atoms with E-state index in [-0.39, 0.29) is 6.04 Å². The normalized spacial score (nSPS) is 27.8. The lowest BCUT2D eigenvalue weighted by atomic mass is 10.2. The first-order chi connectivity index (χ1) is 6.83. The van der Waals surface area contributed by atoms with Crippen LogP contribution in [0.4, 0.5) is 0 Å². The summed E-state index contributed by atoms with van der Waals surface area (Å²) in [6, 6.07) is 0.238. The molecule has 4 nitrogen and oxygen atoms in total. The Morgan fingerprint density at radius 3 is 3.00 bits per heavy atom. The predicted octanol–water partition coefficient (Wildman–Crippen LogP) is -0.157. The van der Waals surface area contributed by atoms with E-state index in [0.717, 1.165) is 32.5 Å². The lowest BCUT2D eigenvalue weighted by Gasteiger charge is -2.36. The second-order valence-electron chi connectivity index (χ2n) is 4.12. The minimum Gasteiger partial charge on any atom is -0.382 e. The fourth-order valence-corrected chi connectivity index (χ4v) is 1.96. The molecule has 14 heavy (non-hydrogen) atoms. The number of rotatable bonds is 3. The first-order valence-electron chi connectivity index (χ1n) is 5.33. The SMILES string of the molecule is COCC1CNCCN1C(=O)C1CC1. The van der Waals surface area contributed by atoms with Gasteiger partial charge in [-0.2, -0.15) is 0 Å². The fourth-order valence-electron chi connectivity index (χ4n) is 1.96. The topological polar surface area (TPSA) is 41.6 Å². The zero-order chi connectivity index (χ0) is 9.97. The van der Waals surface area contributed by atoms with Crippen LogP contribution >= 0.6 is 0 Å². The van der Waals surface area contributed by atoms with Crippen LogP contribution in [0.3, 0.4) is 0 Å². The summed E-state index contributed by atoms with van der Waals surface area (Å²) in [6.07, 6.45) is 2.17. The summed E-state index contributed by atoms with van der Waals surface area (Å²) in [5.74, 6) is 0.668. The predicted molar refractivity (Wildman–Crippen MR) is 53.0 cm³/mol. The molecule has 0 bridgehead atoms. The van der Waals surface area contributed by atoms with Crippen LogP contribution in [0.25, 0.3) is 0 Å². The molecule has 1 unspecified atom stereocenters. The van der Waals surface area contributed by atoms with Crippen molar-refractivity contribution >= 4 is 5.91 Å².